The number of rotatable bonds is 3. The average Bonchev–Trinajstić information content (AvgIpc) is 2.85. The molecule has 0 atom stereocenters. The molecule has 22 heavy (non-hydrogen) atoms. The van der Waals surface area contributed by atoms with Crippen LogP contribution in [0, 0.1) is 0 Å². The van der Waals surface area contributed by atoms with Gasteiger partial charge in [-0.3, -0.25) is 4.79 Å². The molecule has 2 aromatic rings. The second kappa shape index (κ2) is 7.12. The summed E-state index contributed by atoms with van der Waals surface area (Å²) in [6, 6.07) is 17.1. The molecule has 3 rings (SSSR count). The molecule has 1 aliphatic rings. The first kappa shape index (κ1) is 14.6. The zero-order chi connectivity index (χ0) is 15.2. The molecule has 2 aromatic carbocycles. The molecule has 3 nitrogen and oxygen atoms in total. The fourth-order valence-electron chi connectivity index (χ4n) is 2.75. The quantitative estimate of drug-likeness (QED) is 0.834. The Morgan fingerprint density at radius 1 is 0.773 bits per heavy atom. The first-order valence-corrected chi connectivity index (χ1v) is 7.95. The van der Waals surface area contributed by atoms with Crippen LogP contribution in [0.3, 0.4) is 0 Å². The summed E-state index contributed by atoms with van der Waals surface area (Å²) in [5.74, 6) is 1.68. The molecule has 1 saturated heterocycles. The molecule has 1 amide bonds. The monoisotopic (exact) mass is 295 g/mol. The van der Waals surface area contributed by atoms with Crippen molar-refractivity contribution in [1.82, 2.24) is 4.90 Å². The molecule has 0 saturated carbocycles. The summed E-state index contributed by atoms with van der Waals surface area (Å²) in [6.07, 6.45) is 4.68. The molecule has 0 N–H and O–H groups in total. The molecule has 0 radical (unpaired) electrons. The minimum atomic E-state index is 0.133. The van der Waals surface area contributed by atoms with Crippen molar-refractivity contribution < 1.29 is 9.53 Å². The highest BCUT2D eigenvalue weighted by molar-refractivity contribution is 5.94. The molecule has 0 aliphatic carbocycles. The lowest BCUT2D eigenvalue weighted by Crippen LogP contribution is -2.31. The third-order valence-corrected chi connectivity index (χ3v) is 3.97. The Morgan fingerprint density at radius 3 is 2.00 bits per heavy atom. The maximum Gasteiger partial charge on any atom is 0.253 e. The van der Waals surface area contributed by atoms with E-state index in [1.807, 2.05) is 59.5 Å². The van der Waals surface area contributed by atoms with Crippen molar-refractivity contribution in [2.24, 2.45) is 0 Å². The maximum absolute atomic E-state index is 12.5. The van der Waals surface area contributed by atoms with E-state index in [0.29, 0.717) is 0 Å². The molecule has 1 heterocycles. The molecule has 1 aliphatic heterocycles. The largest absolute Gasteiger partial charge is 0.457 e. The van der Waals surface area contributed by atoms with Crippen LogP contribution in [0.15, 0.2) is 54.6 Å². The van der Waals surface area contributed by atoms with Gasteiger partial charge in [0.1, 0.15) is 11.5 Å². The van der Waals surface area contributed by atoms with Crippen molar-refractivity contribution >= 4 is 5.91 Å². The maximum atomic E-state index is 12.5. The van der Waals surface area contributed by atoms with Gasteiger partial charge in [-0.15, -0.1) is 0 Å². The standard InChI is InChI=1S/C19H21NO2/c21-19(20-14-6-1-2-7-15-20)16-10-12-18(13-11-16)22-17-8-4-3-5-9-17/h3-5,8-13H,1-2,6-7,14-15H2. The number of hydrogen-bond acceptors (Lipinski definition) is 2. The van der Waals surface area contributed by atoms with Gasteiger partial charge in [-0.1, -0.05) is 31.0 Å². The van der Waals surface area contributed by atoms with E-state index in [-0.39, 0.29) is 5.91 Å². The summed E-state index contributed by atoms with van der Waals surface area (Å²) in [5.41, 5.74) is 0.738. The van der Waals surface area contributed by atoms with Crippen LogP contribution in [0.5, 0.6) is 11.5 Å². The van der Waals surface area contributed by atoms with E-state index in [0.717, 1.165) is 43.0 Å². The summed E-state index contributed by atoms with van der Waals surface area (Å²) < 4.78 is 5.75. The van der Waals surface area contributed by atoms with E-state index >= 15 is 0 Å². The Kier molecular flexibility index (Phi) is 4.74. The number of ether oxygens (including phenoxy) is 1. The van der Waals surface area contributed by atoms with Gasteiger partial charge < -0.3 is 9.64 Å². The van der Waals surface area contributed by atoms with E-state index in [1.165, 1.54) is 12.8 Å². The number of benzene rings is 2. The topological polar surface area (TPSA) is 29.5 Å². The Hall–Kier alpha value is -2.29. The summed E-state index contributed by atoms with van der Waals surface area (Å²) >= 11 is 0. The molecule has 0 aromatic heterocycles. The predicted octanol–water partition coefficient (Wildman–Crippen LogP) is 4.50. The van der Waals surface area contributed by atoms with Crippen LogP contribution in [0.1, 0.15) is 36.0 Å². The van der Waals surface area contributed by atoms with E-state index in [1.54, 1.807) is 0 Å². The summed E-state index contributed by atoms with van der Waals surface area (Å²) in [4.78, 5) is 14.5. The summed E-state index contributed by atoms with van der Waals surface area (Å²) in [5, 5.41) is 0. The van der Waals surface area contributed by atoms with Gasteiger partial charge in [0.05, 0.1) is 0 Å². The van der Waals surface area contributed by atoms with Crippen LogP contribution < -0.4 is 4.74 Å². The van der Waals surface area contributed by atoms with Gasteiger partial charge in [0.15, 0.2) is 0 Å². The van der Waals surface area contributed by atoms with Crippen LogP contribution in [0.2, 0.25) is 0 Å². The second-order valence-corrected chi connectivity index (χ2v) is 5.65. The smallest absolute Gasteiger partial charge is 0.253 e. The number of carbonyl (C=O) groups excluding carboxylic acids is 1. The molecular formula is C19H21NO2. The number of hydrogen-bond donors (Lipinski definition) is 0. The second-order valence-electron chi connectivity index (χ2n) is 5.65. The molecule has 1 fully saturated rings. The van der Waals surface area contributed by atoms with Crippen molar-refractivity contribution in [3.8, 4) is 11.5 Å². The number of para-hydroxylation sites is 1. The number of nitrogens with zero attached hydrogens (tertiary/aromatic N) is 1. The first-order valence-electron chi connectivity index (χ1n) is 7.95. The molecule has 3 heteroatoms. The van der Waals surface area contributed by atoms with Crippen LogP contribution >= 0.6 is 0 Å². The van der Waals surface area contributed by atoms with Gasteiger partial charge in [0, 0.05) is 18.7 Å². The van der Waals surface area contributed by atoms with Gasteiger partial charge in [0.2, 0.25) is 0 Å². The Balaban J connectivity index is 1.66. The van der Waals surface area contributed by atoms with Crippen molar-refractivity contribution in [3.63, 3.8) is 0 Å². The molecule has 114 valence electrons. The Bertz CT molecular complexity index is 599. The van der Waals surface area contributed by atoms with E-state index in [2.05, 4.69) is 0 Å². The fourth-order valence-corrected chi connectivity index (χ4v) is 2.75. The lowest BCUT2D eigenvalue weighted by Gasteiger charge is -2.20. The van der Waals surface area contributed by atoms with Crippen molar-refractivity contribution in [3.05, 3.63) is 60.2 Å². The SMILES string of the molecule is O=C(c1ccc(Oc2ccccc2)cc1)N1CCCCCC1. The summed E-state index contributed by atoms with van der Waals surface area (Å²) in [6.45, 7) is 1.75. The van der Waals surface area contributed by atoms with Gasteiger partial charge >= 0.3 is 0 Å². The highest BCUT2D eigenvalue weighted by Crippen LogP contribution is 2.22. The predicted molar refractivity (Wildman–Crippen MR) is 87.3 cm³/mol. The third kappa shape index (κ3) is 3.67. The zero-order valence-corrected chi connectivity index (χ0v) is 12.7. The molecular weight excluding hydrogens is 274 g/mol. The van der Waals surface area contributed by atoms with Crippen LogP contribution in [-0.4, -0.2) is 23.9 Å². The first-order chi connectivity index (χ1) is 10.8. The average molecular weight is 295 g/mol. The van der Waals surface area contributed by atoms with Gasteiger partial charge in [0.25, 0.3) is 5.91 Å². The molecule has 0 bridgehead atoms. The Labute approximate surface area is 131 Å². The minimum absolute atomic E-state index is 0.133. The normalized spacial score (nSPS) is 15.2. The van der Waals surface area contributed by atoms with Crippen LogP contribution in [0.4, 0.5) is 0 Å². The lowest BCUT2D eigenvalue weighted by atomic mass is 10.2. The van der Waals surface area contributed by atoms with E-state index < -0.39 is 0 Å². The highest BCUT2D eigenvalue weighted by Gasteiger charge is 2.17. The van der Waals surface area contributed by atoms with Crippen LogP contribution in [-0.2, 0) is 0 Å². The molecule has 0 spiro atoms. The Morgan fingerprint density at radius 2 is 1.36 bits per heavy atom. The zero-order valence-electron chi connectivity index (χ0n) is 12.7. The highest BCUT2D eigenvalue weighted by atomic mass is 16.5. The number of likely N-dealkylation sites (tertiary alicyclic amines) is 1. The number of amides is 1. The van der Waals surface area contributed by atoms with E-state index in [4.69, 9.17) is 4.74 Å². The van der Waals surface area contributed by atoms with Gasteiger partial charge in [-0.25, -0.2) is 0 Å². The fraction of sp³-hybridized carbons (Fsp3) is 0.316. The van der Waals surface area contributed by atoms with Crippen LogP contribution in [0.25, 0.3) is 0 Å². The number of carbonyl (C=O) groups is 1. The van der Waals surface area contributed by atoms with E-state index in [9.17, 15) is 4.79 Å². The van der Waals surface area contributed by atoms with Crippen molar-refractivity contribution in [2.75, 3.05) is 13.1 Å². The van der Waals surface area contributed by atoms with Gasteiger partial charge in [-0.05, 0) is 49.2 Å². The van der Waals surface area contributed by atoms with Crippen molar-refractivity contribution in [1.29, 1.82) is 0 Å². The summed E-state index contributed by atoms with van der Waals surface area (Å²) in [7, 11) is 0. The minimum Gasteiger partial charge on any atom is -0.457 e. The van der Waals surface area contributed by atoms with Crippen molar-refractivity contribution in [2.45, 2.75) is 25.7 Å². The van der Waals surface area contributed by atoms with Gasteiger partial charge in [-0.2, -0.15) is 0 Å². The molecule has 0 unspecified atom stereocenters. The lowest BCUT2D eigenvalue weighted by molar-refractivity contribution is 0.0761. The third-order valence-electron chi connectivity index (χ3n) is 3.97.